The van der Waals surface area contributed by atoms with Crippen LogP contribution in [0.25, 0.3) is 17.0 Å². The maximum Gasteiger partial charge on any atom is 0.276 e. The van der Waals surface area contributed by atoms with Crippen LogP contribution >= 0.6 is 0 Å². The van der Waals surface area contributed by atoms with E-state index in [0.717, 1.165) is 40.2 Å². The largest absolute Gasteiger partial charge is 0.321 e. The molecule has 1 amide bonds. The van der Waals surface area contributed by atoms with Crippen molar-refractivity contribution in [1.82, 2.24) is 20.0 Å². The van der Waals surface area contributed by atoms with E-state index >= 15 is 0 Å². The Labute approximate surface area is 170 Å². The van der Waals surface area contributed by atoms with E-state index < -0.39 is 0 Å². The first-order chi connectivity index (χ1) is 14.0. The highest BCUT2D eigenvalue weighted by molar-refractivity contribution is 6.15. The van der Waals surface area contributed by atoms with Crippen molar-refractivity contribution in [1.29, 1.82) is 0 Å². The molecule has 29 heavy (non-hydrogen) atoms. The fraction of sp³-hybridized carbons (Fsp3) is 0.522. The lowest BCUT2D eigenvalue weighted by Crippen LogP contribution is -2.50. The number of carbonyl (C=O) groups excluding carboxylic acids is 1. The molecule has 5 fully saturated rings. The van der Waals surface area contributed by atoms with E-state index in [9.17, 15) is 4.79 Å². The number of aromatic nitrogens is 2. The number of carbonyl (C=O) groups is 1. The summed E-state index contributed by atoms with van der Waals surface area (Å²) in [7, 11) is 3.75. The molecule has 1 aromatic heterocycles. The molecule has 4 aliphatic carbocycles. The number of hydrogen-bond donors (Lipinski definition) is 1. The average Bonchev–Trinajstić information content (AvgIpc) is 3.14. The van der Waals surface area contributed by atoms with E-state index in [2.05, 4.69) is 16.5 Å². The molecule has 1 aliphatic heterocycles. The lowest BCUT2D eigenvalue weighted by molar-refractivity contribution is -0.121. The van der Waals surface area contributed by atoms with Crippen molar-refractivity contribution in [2.75, 3.05) is 7.05 Å². The number of rotatable bonds is 2. The van der Waals surface area contributed by atoms with Gasteiger partial charge in [0.15, 0.2) is 0 Å². The zero-order valence-corrected chi connectivity index (χ0v) is 17.1. The van der Waals surface area contributed by atoms with Gasteiger partial charge in [-0.3, -0.25) is 14.4 Å². The number of benzene rings is 1. The minimum absolute atomic E-state index is 0.0141. The number of likely N-dealkylation sites (N-methyl/N-ethyl adjacent to an activating group) is 1. The summed E-state index contributed by atoms with van der Waals surface area (Å²) in [4.78, 5) is 19.8. The maximum atomic E-state index is 12.9. The van der Waals surface area contributed by atoms with Crippen molar-refractivity contribution in [3.63, 3.8) is 0 Å². The molecular weight excluding hydrogens is 362 g/mol. The molecule has 0 spiro atoms. The number of nitrogens with one attached hydrogen (secondary N) is 1. The first kappa shape index (κ1) is 17.2. The Morgan fingerprint density at radius 3 is 2.52 bits per heavy atom. The molecule has 1 aromatic carbocycles. The molecule has 0 radical (unpaired) electrons. The topological polar surface area (TPSA) is 62.5 Å². The molecule has 150 valence electrons. The van der Waals surface area contributed by atoms with Crippen molar-refractivity contribution in [2.24, 2.45) is 29.8 Å². The van der Waals surface area contributed by atoms with Crippen LogP contribution in [0.1, 0.15) is 44.1 Å². The summed E-state index contributed by atoms with van der Waals surface area (Å²) in [6.45, 7) is 0. The molecule has 6 nitrogen and oxygen atoms in total. The number of aryl methyl sites for hydroxylation is 1. The van der Waals surface area contributed by atoms with Gasteiger partial charge in [0.25, 0.3) is 5.91 Å². The molecule has 0 atom stereocenters. The normalized spacial score (nSPS) is 36.0. The third-order valence-electron chi connectivity index (χ3n) is 7.40. The molecule has 7 rings (SSSR count). The van der Waals surface area contributed by atoms with Gasteiger partial charge >= 0.3 is 0 Å². The van der Waals surface area contributed by atoms with E-state index in [1.807, 2.05) is 43.2 Å². The smallest absolute Gasteiger partial charge is 0.276 e. The van der Waals surface area contributed by atoms with Crippen molar-refractivity contribution < 1.29 is 4.79 Å². The number of guanidine groups is 1. The van der Waals surface area contributed by atoms with Crippen molar-refractivity contribution in [3.05, 3.63) is 35.7 Å². The Kier molecular flexibility index (Phi) is 3.53. The fourth-order valence-electron chi connectivity index (χ4n) is 6.59. The van der Waals surface area contributed by atoms with Crippen LogP contribution in [0.5, 0.6) is 0 Å². The van der Waals surface area contributed by atoms with E-state index in [1.165, 1.54) is 38.5 Å². The summed E-state index contributed by atoms with van der Waals surface area (Å²) in [6, 6.07) is 6.07. The highest BCUT2D eigenvalue weighted by atomic mass is 16.2. The van der Waals surface area contributed by atoms with Crippen LogP contribution in [0, 0.1) is 17.8 Å². The van der Waals surface area contributed by atoms with Gasteiger partial charge in [0.1, 0.15) is 5.70 Å². The van der Waals surface area contributed by atoms with Gasteiger partial charge in [-0.2, -0.15) is 5.10 Å². The van der Waals surface area contributed by atoms with Crippen molar-refractivity contribution in [3.8, 4) is 0 Å². The minimum atomic E-state index is -0.0141. The second-order valence-corrected chi connectivity index (χ2v) is 9.75. The van der Waals surface area contributed by atoms with Crippen LogP contribution < -0.4 is 5.32 Å². The quantitative estimate of drug-likeness (QED) is 0.802. The van der Waals surface area contributed by atoms with Crippen molar-refractivity contribution >= 4 is 28.8 Å². The zero-order chi connectivity index (χ0) is 19.8. The van der Waals surface area contributed by atoms with Crippen LogP contribution in [0.2, 0.25) is 0 Å². The molecule has 1 N–H and O–H groups in total. The van der Waals surface area contributed by atoms with Gasteiger partial charge in [0.2, 0.25) is 5.96 Å². The first-order valence-electron chi connectivity index (χ1n) is 10.8. The molecule has 1 saturated heterocycles. The second kappa shape index (κ2) is 5.94. The van der Waals surface area contributed by atoms with Crippen molar-refractivity contribution in [2.45, 2.75) is 44.1 Å². The Bertz CT molecular complexity index is 1040. The highest BCUT2D eigenvalue weighted by Crippen LogP contribution is 2.57. The SMILES string of the molecule is CN1C(=O)/C(=C/c2ccc3nn(C)cc3c2)NC1=NC12CC3CC(CC(C3)C1)C2. The third-order valence-corrected chi connectivity index (χ3v) is 7.40. The zero-order valence-electron chi connectivity index (χ0n) is 17.1. The number of hydrogen-bond acceptors (Lipinski definition) is 3. The third kappa shape index (κ3) is 2.80. The maximum absolute atomic E-state index is 12.9. The molecule has 2 heterocycles. The van der Waals surface area contributed by atoms with Crippen LogP contribution in [0.3, 0.4) is 0 Å². The second-order valence-electron chi connectivity index (χ2n) is 9.75. The lowest BCUT2D eigenvalue weighted by Gasteiger charge is -2.55. The molecule has 4 bridgehead atoms. The molecule has 5 aliphatic rings. The predicted molar refractivity (Wildman–Crippen MR) is 113 cm³/mol. The summed E-state index contributed by atoms with van der Waals surface area (Å²) in [6.07, 6.45) is 11.7. The monoisotopic (exact) mass is 389 g/mol. The molecule has 4 saturated carbocycles. The Hall–Kier alpha value is -2.63. The van der Waals surface area contributed by atoms with Gasteiger partial charge in [-0.1, -0.05) is 6.07 Å². The number of nitrogens with zero attached hydrogens (tertiary/aromatic N) is 4. The summed E-state index contributed by atoms with van der Waals surface area (Å²) in [5.74, 6) is 3.24. The molecule has 2 aromatic rings. The number of aliphatic imine (C=N–C) groups is 1. The molecular formula is C23H27N5O. The lowest BCUT2D eigenvalue weighted by atomic mass is 9.53. The van der Waals surface area contributed by atoms with Gasteiger partial charge in [-0.15, -0.1) is 0 Å². The van der Waals surface area contributed by atoms with Gasteiger partial charge in [0.05, 0.1) is 11.1 Å². The van der Waals surface area contributed by atoms with E-state index in [4.69, 9.17) is 4.99 Å². The van der Waals surface area contributed by atoms with Gasteiger partial charge in [-0.25, -0.2) is 4.99 Å². The summed E-state index contributed by atoms with van der Waals surface area (Å²) < 4.78 is 1.81. The Morgan fingerprint density at radius 2 is 1.83 bits per heavy atom. The van der Waals surface area contributed by atoms with Crippen LogP contribution in [0.4, 0.5) is 0 Å². The van der Waals surface area contributed by atoms with Gasteiger partial charge in [-0.05, 0) is 80.1 Å². The van der Waals surface area contributed by atoms with Gasteiger partial charge < -0.3 is 5.32 Å². The van der Waals surface area contributed by atoms with Crippen LogP contribution in [0.15, 0.2) is 35.1 Å². The number of fused-ring (bicyclic) bond motifs is 1. The molecule has 0 unspecified atom stereocenters. The summed E-state index contributed by atoms with van der Waals surface area (Å²) >= 11 is 0. The first-order valence-corrected chi connectivity index (χ1v) is 10.8. The van der Waals surface area contributed by atoms with E-state index in [0.29, 0.717) is 5.70 Å². The predicted octanol–water partition coefficient (Wildman–Crippen LogP) is 3.30. The van der Waals surface area contributed by atoms with Gasteiger partial charge in [0, 0.05) is 25.7 Å². The molecule has 6 heteroatoms. The van der Waals surface area contributed by atoms with Crippen LogP contribution in [-0.4, -0.2) is 39.1 Å². The minimum Gasteiger partial charge on any atom is -0.321 e. The van der Waals surface area contributed by atoms with E-state index in [-0.39, 0.29) is 11.4 Å². The average molecular weight is 390 g/mol. The Balaban J connectivity index is 1.30. The Morgan fingerprint density at radius 1 is 1.14 bits per heavy atom. The highest BCUT2D eigenvalue weighted by Gasteiger charge is 2.51. The summed E-state index contributed by atoms with van der Waals surface area (Å²) in [5, 5.41) is 8.82. The standard InChI is InChI=1S/C23H27N5O/c1-27-13-18-8-14(3-4-19(18)26-27)9-20-21(29)28(2)22(24-20)25-23-10-15-5-16(11-23)7-17(6-15)12-23/h3-4,8-9,13,15-17H,5-7,10-12H2,1-2H3,(H,24,25)/b20-9-. The van der Waals surface area contributed by atoms with Crippen LogP contribution in [-0.2, 0) is 11.8 Å². The van der Waals surface area contributed by atoms with E-state index in [1.54, 1.807) is 4.90 Å². The fourth-order valence-corrected chi connectivity index (χ4v) is 6.59. The number of amides is 1. The summed E-state index contributed by atoms with van der Waals surface area (Å²) in [5.41, 5.74) is 2.60.